The van der Waals surface area contributed by atoms with Crippen molar-refractivity contribution in [3.8, 4) is 0 Å². The Balaban J connectivity index is 1.72. The average molecular weight is 308 g/mol. The van der Waals surface area contributed by atoms with E-state index in [9.17, 15) is 9.90 Å². The summed E-state index contributed by atoms with van der Waals surface area (Å²) in [6.07, 6.45) is 4.14. The zero-order valence-corrected chi connectivity index (χ0v) is 12.4. The number of benzene rings is 1. The molecule has 112 valence electrons. The van der Waals surface area contributed by atoms with Gasteiger partial charge in [0.2, 0.25) is 0 Å². The first-order valence-electron chi connectivity index (χ1n) is 7.20. The molecule has 0 unspecified atom stereocenters. The van der Waals surface area contributed by atoms with E-state index in [0.29, 0.717) is 17.2 Å². The summed E-state index contributed by atoms with van der Waals surface area (Å²) in [6.45, 7) is 0.600. The van der Waals surface area contributed by atoms with Crippen LogP contribution in [0.2, 0.25) is 5.02 Å². The molecule has 1 amide bonds. The molecule has 4 nitrogen and oxygen atoms in total. The zero-order valence-electron chi connectivity index (χ0n) is 11.7. The third kappa shape index (κ3) is 2.92. The normalized spacial score (nSPS) is 17.2. The summed E-state index contributed by atoms with van der Waals surface area (Å²) in [4.78, 5) is 12.2. The summed E-state index contributed by atoms with van der Waals surface area (Å²) in [5, 5.41) is 13.9. The lowest BCUT2D eigenvalue weighted by Crippen LogP contribution is -2.38. The number of hydrogen-bond acceptors (Lipinski definition) is 3. The van der Waals surface area contributed by atoms with Crippen LogP contribution in [0.25, 0.3) is 11.0 Å². The third-order valence-corrected chi connectivity index (χ3v) is 4.56. The Morgan fingerprint density at radius 1 is 1.33 bits per heavy atom. The van der Waals surface area contributed by atoms with Crippen LogP contribution in [-0.4, -0.2) is 24.2 Å². The Labute approximate surface area is 128 Å². The van der Waals surface area contributed by atoms with Crippen molar-refractivity contribution >= 4 is 28.5 Å². The molecular weight excluding hydrogens is 290 g/mol. The van der Waals surface area contributed by atoms with E-state index in [1.165, 1.54) is 0 Å². The molecule has 5 heteroatoms. The van der Waals surface area contributed by atoms with E-state index in [2.05, 4.69) is 5.32 Å². The summed E-state index contributed by atoms with van der Waals surface area (Å²) in [6, 6.07) is 6.94. The van der Waals surface area contributed by atoms with Gasteiger partial charge in [-0.05, 0) is 37.1 Å². The van der Waals surface area contributed by atoms with Gasteiger partial charge in [0.05, 0.1) is 6.61 Å². The fourth-order valence-electron chi connectivity index (χ4n) is 3.00. The van der Waals surface area contributed by atoms with Crippen molar-refractivity contribution in [2.45, 2.75) is 25.7 Å². The average Bonchev–Trinajstić information content (AvgIpc) is 3.11. The first kappa shape index (κ1) is 14.4. The van der Waals surface area contributed by atoms with Gasteiger partial charge in [-0.25, -0.2) is 0 Å². The molecule has 21 heavy (non-hydrogen) atoms. The number of aliphatic hydroxyl groups is 1. The van der Waals surface area contributed by atoms with Crippen LogP contribution < -0.4 is 5.32 Å². The minimum Gasteiger partial charge on any atom is -0.451 e. The van der Waals surface area contributed by atoms with Crippen molar-refractivity contribution in [3.05, 3.63) is 35.0 Å². The molecule has 1 aliphatic rings. The lowest BCUT2D eigenvalue weighted by Gasteiger charge is -2.26. The Morgan fingerprint density at radius 2 is 2.10 bits per heavy atom. The molecule has 1 heterocycles. The van der Waals surface area contributed by atoms with E-state index in [1.54, 1.807) is 24.3 Å². The summed E-state index contributed by atoms with van der Waals surface area (Å²) in [7, 11) is 0. The van der Waals surface area contributed by atoms with Gasteiger partial charge in [-0.3, -0.25) is 4.79 Å². The predicted molar refractivity (Wildman–Crippen MR) is 81.5 cm³/mol. The van der Waals surface area contributed by atoms with Crippen LogP contribution in [-0.2, 0) is 0 Å². The minimum atomic E-state index is -0.248. The third-order valence-electron chi connectivity index (χ3n) is 4.33. The summed E-state index contributed by atoms with van der Waals surface area (Å²) in [5.41, 5.74) is 0.479. The molecule has 1 aromatic carbocycles. The van der Waals surface area contributed by atoms with E-state index in [-0.39, 0.29) is 23.7 Å². The van der Waals surface area contributed by atoms with Crippen LogP contribution in [0.1, 0.15) is 36.2 Å². The number of aliphatic hydroxyl groups excluding tert-OH is 1. The second-order valence-electron chi connectivity index (χ2n) is 5.84. The molecule has 2 N–H and O–H groups in total. The SMILES string of the molecule is O=C(NCC1(CO)CCCC1)c1cc2cc(Cl)ccc2o1. The van der Waals surface area contributed by atoms with Gasteiger partial charge < -0.3 is 14.8 Å². The number of halogens is 1. The van der Waals surface area contributed by atoms with Gasteiger partial charge in [0.1, 0.15) is 5.58 Å². The Kier molecular flexibility index (Phi) is 3.91. The smallest absolute Gasteiger partial charge is 0.287 e. The molecule has 0 bridgehead atoms. The van der Waals surface area contributed by atoms with Crippen molar-refractivity contribution < 1.29 is 14.3 Å². The van der Waals surface area contributed by atoms with Gasteiger partial charge in [0, 0.05) is 22.4 Å². The van der Waals surface area contributed by atoms with Gasteiger partial charge in [-0.2, -0.15) is 0 Å². The van der Waals surface area contributed by atoms with Gasteiger partial charge in [0.25, 0.3) is 5.91 Å². The summed E-state index contributed by atoms with van der Waals surface area (Å²) in [5.74, 6) is 0.0281. The molecule has 0 saturated heterocycles. The first-order chi connectivity index (χ1) is 10.1. The second kappa shape index (κ2) is 5.70. The number of nitrogens with one attached hydrogen (secondary N) is 1. The van der Waals surface area contributed by atoms with Gasteiger partial charge >= 0.3 is 0 Å². The number of rotatable bonds is 4. The van der Waals surface area contributed by atoms with Crippen LogP contribution in [0.3, 0.4) is 0 Å². The van der Waals surface area contributed by atoms with E-state index >= 15 is 0 Å². The number of carbonyl (C=O) groups is 1. The van der Waals surface area contributed by atoms with Gasteiger partial charge in [-0.15, -0.1) is 0 Å². The lowest BCUT2D eigenvalue weighted by atomic mass is 9.87. The van der Waals surface area contributed by atoms with Gasteiger partial charge in [-0.1, -0.05) is 24.4 Å². The van der Waals surface area contributed by atoms with Crippen molar-refractivity contribution in [1.29, 1.82) is 0 Å². The molecule has 3 rings (SSSR count). The highest BCUT2D eigenvalue weighted by molar-refractivity contribution is 6.31. The minimum absolute atomic E-state index is 0.114. The number of furan rings is 1. The number of hydrogen-bond donors (Lipinski definition) is 2. The summed E-state index contributed by atoms with van der Waals surface area (Å²) < 4.78 is 5.53. The van der Waals surface area contributed by atoms with Crippen LogP contribution in [0, 0.1) is 5.41 Å². The molecule has 0 radical (unpaired) electrons. The van der Waals surface area contributed by atoms with E-state index < -0.39 is 0 Å². The second-order valence-corrected chi connectivity index (χ2v) is 6.28. The predicted octanol–water partition coefficient (Wildman–Crippen LogP) is 3.37. The van der Waals surface area contributed by atoms with Crippen molar-refractivity contribution in [2.75, 3.05) is 13.2 Å². The van der Waals surface area contributed by atoms with Crippen LogP contribution >= 0.6 is 11.6 Å². The maximum absolute atomic E-state index is 12.2. The van der Waals surface area contributed by atoms with Crippen molar-refractivity contribution in [1.82, 2.24) is 5.32 Å². The van der Waals surface area contributed by atoms with E-state index in [4.69, 9.17) is 16.0 Å². The van der Waals surface area contributed by atoms with Crippen LogP contribution in [0.4, 0.5) is 0 Å². The molecule has 0 spiro atoms. The highest BCUT2D eigenvalue weighted by Crippen LogP contribution is 2.37. The fourth-order valence-corrected chi connectivity index (χ4v) is 3.18. The number of carbonyl (C=O) groups excluding carboxylic acids is 1. The molecular formula is C16H18ClNO3. The number of amides is 1. The molecule has 1 fully saturated rings. The topological polar surface area (TPSA) is 62.5 Å². The Hall–Kier alpha value is -1.52. The Bertz CT molecular complexity index is 659. The largest absolute Gasteiger partial charge is 0.451 e. The Morgan fingerprint density at radius 3 is 2.81 bits per heavy atom. The monoisotopic (exact) mass is 307 g/mol. The molecule has 2 aromatic rings. The fraction of sp³-hybridized carbons (Fsp3) is 0.438. The van der Waals surface area contributed by atoms with E-state index in [1.807, 2.05) is 0 Å². The zero-order chi connectivity index (χ0) is 14.9. The van der Waals surface area contributed by atoms with Crippen molar-refractivity contribution in [3.63, 3.8) is 0 Å². The lowest BCUT2D eigenvalue weighted by molar-refractivity contribution is 0.0857. The highest BCUT2D eigenvalue weighted by atomic mass is 35.5. The summed E-state index contributed by atoms with van der Waals surface area (Å²) >= 11 is 5.92. The maximum atomic E-state index is 12.2. The number of fused-ring (bicyclic) bond motifs is 1. The maximum Gasteiger partial charge on any atom is 0.287 e. The van der Waals surface area contributed by atoms with Crippen LogP contribution in [0.5, 0.6) is 0 Å². The molecule has 1 aromatic heterocycles. The van der Waals surface area contributed by atoms with Crippen LogP contribution in [0.15, 0.2) is 28.7 Å². The molecule has 1 aliphatic carbocycles. The van der Waals surface area contributed by atoms with Crippen molar-refractivity contribution in [2.24, 2.45) is 5.41 Å². The quantitative estimate of drug-likeness (QED) is 0.910. The molecule has 0 aliphatic heterocycles. The molecule has 0 atom stereocenters. The highest BCUT2D eigenvalue weighted by Gasteiger charge is 2.33. The standard InChI is InChI=1S/C16H18ClNO3/c17-12-3-4-13-11(7-12)8-14(21-13)15(20)18-9-16(10-19)5-1-2-6-16/h3-4,7-8,19H,1-2,5-6,9-10H2,(H,18,20). The molecule has 1 saturated carbocycles. The van der Waals surface area contributed by atoms with E-state index in [0.717, 1.165) is 31.1 Å². The van der Waals surface area contributed by atoms with Gasteiger partial charge in [0.15, 0.2) is 5.76 Å². The first-order valence-corrected chi connectivity index (χ1v) is 7.58.